The molecule has 1 aliphatic heterocycles. The highest BCUT2D eigenvalue weighted by Crippen LogP contribution is 2.54. The van der Waals surface area contributed by atoms with Crippen molar-refractivity contribution in [2.75, 3.05) is 4.90 Å². The molecule has 9 rings (SSSR count). The lowest BCUT2D eigenvalue weighted by Crippen LogP contribution is -2.22. The monoisotopic (exact) mass is 568 g/mol. The molecule has 2 nitrogen and oxygen atoms in total. The summed E-state index contributed by atoms with van der Waals surface area (Å²) in [6.45, 7) is 3.97. The molecule has 2 aliphatic rings. The van der Waals surface area contributed by atoms with E-state index in [1.165, 1.54) is 65.3 Å². The van der Waals surface area contributed by atoms with Crippen LogP contribution in [0.2, 0.25) is 0 Å². The van der Waals surface area contributed by atoms with Gasteiger partial charge in [-0.25, -0.2) is 0 Å². The van der Waals surface area contributed by atoms with Crippen LogP contribution in [0.25, 0.3) is 50.1 Å². The summed E-state index contributed by atoms with van der Waals surface area (Å²) in [5.41, 5.74) is 14.1. The van der Waals surface area contributed by atoms with Crippen molar-refractivity contribution >= 4 is 56.0 Å². The summed E-state index contributed by atoms with van der Waals surface area (Å²) in [5.74, 6) is 0.218. The van der Waals surface area contributed by atoms with Crippen LogP contribution in [0.1, 0.15) is 33.9 Å². The van der Waals surface area contributed by atoms with Crippen LogP contribution >= 0.6 is 11.3 Å². The Morgan fingerprint density at radius 3 is 2.26 bits per heavy atom. The summed E-state index contributed by atoms with van der Waals surface area (Å²) in [5, 5.41) is 1.33. The van der Waals surface area contributed by atoms with E-state index in [4.69, 9.17) is 0 Å². The molecule has 1 aliphatic carbocycles. The second-order valence-corrected chi connectivity index (χ2v) is 12.4. The van der Waals surface area contributed by atoms with Gasteiger partial charge in [-0.3, -0.25) is 0 Å². The number of para-hydroxylation sites is 3. The molecule has 43 heavy (non-hydrogen) atoms. The minimum Gasteiger partial charge on any atom is -0.314 e. The van der Waals surface area contributed by atoms with E-state index in [1.807, 2.05) is 17.4 Å². The summed E-state index contributed by atoms with van der Waals surface area (Å²) >= 11 is 1.94. The van der Waals surface area contributed by atoms with Gasteiger partial charge in [-0.15, -0.1) is 11.3 Å². The Balaban J connectivity index is 1.37. The zero-order chi connectivity index (χ0) is 28.5. The molecule has 0 saturated carbocycles. The van der Waals surface area contributed by atoms with Crippen LogP contribution in [0.15, 0.2) is 140 Å². The van der Waals surface area contributed by atoms with Crippen LogP contribution in [0.4, 0.5) is 11.4 Å². The van der Waals surface area contributed by atoms with Gasteiger partial charge in [-0.2, -0.15) is 0 Å². The maximum absolute atomic E-state index is 3.97. The topological polar surface area (TPSA) is 8.17 Å². The number of nitrogens with zero attached hydrogens (tertiary/aromatic N) is 2. The van der Waals surface area contributed by atoms with E-state index in [-0.39, 0.29) is 5.92 Å². The van der Waals surface area contributed by atoms with Crippen molar-refractivity contribution in [3.63, 3.8) is 0 Å². The Kier molecular flexibility index (Phi) is 5.38. The second kappa shape index (κ2) is 9.45. The number of aromatic nitrogens is 1. The van der Waals surface area contributed by atoms with Crippen molar-refractivity contribution < 1.29 is 0 Å². The van der Waals surface area contributed by atoms with E-state index in [0.717, 1.165) is 17.7 Å². The smallest absolute Gasteiger partial charge is 0.0693 e. The molecule has 0 saturated heterocycles. The zero-order valence-electron chi connectivity index (χ0n) is 23.6. The fraction of sp³-hybridized carbons (Fsp3) is 0.0500. The number of fused-ring (bicyclic) bond motifs is 8. The summed E-state index contributed by atoms with van der Waals surface area (Å²) in [4.78, 5) is 3.80. The predicted octanol–water partition coefficient (Wildman–Crippen LogP) is 11.2. The number of rotatable bonds is 4. The van der Waals surface area contributed by atoms with Gasteiger partial charge in [0.1, 0.15) is 0 Å². The van der Waals surface area contributed by atoms with Gasteiger partial charge in [0.25, 0.3) is 0 Å². The molecule has 0 radical (unpaired) electrons. The van der Waals surface area contributed by atoms with Gasteiger partial charge in [0, 0.05) is 44.4 Å². The lowest BCUT2D eigenvalue weighted by molar-refractivity contribution is 0.777. The van der Waals surface area contributed by atoms with E-state index in [0.29, 0.717) is 0 Å². The molecule has 3 heteroatoms. The summed E-state index contributed by atoms with van der Waals surface area (Å²) < 4.78 is 3.92. The van der Waals surface area contributed by atoms with Gasteiger partial charge in [0.05, 0.1) is 21.4 Å². The quantitative estimate of drug-likeness (QED) is 0.205. The van der Waals surface area contributed by atoms with Crippen molar-refractivity contribution in [2.24, 2.45) is 0 Å². The first-order valence-corrected chi connectivity index (χ1v) is 15.6. The maximum Gasteiger partial charge on any atom is 0.0693 e. The number of anilines is 2. The predicted molar refractivity (Wildman–Crippen MR) is 184 cm³/mol. The molecule has 5 aromatic carbocycles. The third-order valence-electron chi connectivity index (χ3n) is 9.08. The minimum absolute atomic E-state index is 0.218. The molecule has 1 atom stereocenters. The van der Waals surface area contributed by atoms with Crippen LogP contribution in [0.5, 0.6) is 0 Å². The van der Waals surface area contributed by atoms with E-state index < -0.39 is 0 Å². The Bertz CT molecular complexity index is 2230. The Morgan fingerprint density at radius 2 is 1.42 bits per heavy atom. The van der Waals surface area contributed by atoms with Gasteiger partial charge in [-0.05, 0) is 65.6 Å². The highest BCUT2D eigenvalue weighted by Gasteiger charge is 2.35. The van der Waals surface area contributed by atoms with Crippen molar-refractivity contribution in [3.05, 3.63) is 161 Å². The Hall–Kier alpha value is -5.12. The molecule has 0 fully saturated rings. The van der Waals surface area contributed by atoms with Crippen LogP contribution in [0.3, 0.4) is 0 Å². The number of hydrogen-bond donors (Lipinski definition) is 0. The van der Waals surface area contributed by atoms with E-state index in [9.17, 15) is 0 Å². The van der Waals surface area contributed by atoms with Gasteiger partial charge < -0.3 is 9.47 Å². The van der Waals surface area contributed by atoms with Gasteiger partial charge in [-0.1, -0.05) is 104 Å². The molecular formula is C40H28N2S. The summed E-state index contributed by atoms with van der Waals surface area (Å²) in [7, 11) is 0. The fourth-order valence-corrected chi connectivity index (χ4v) is 8.58. The van der Waals surface area contributed by atoms with Crippen molar-refractivity contribution in [1.82, 2.24) is 4.57 Å². The molecule has 0 N–H and O–H groups in total. The van der Waals surface area contributed by atoms with Crippen LogP contribution < -0.4 is 4.90 Å². The lowest BCUT2D eigenvalue weighted by Gasteiger charge is -2.35. The average Bonchev–Trinajstić information content (AvgIpc) is 3.59. The average molecular weight is 569 g/mol. The number of hydrogen-bond acceptors (Lipinski definition) is 2. The van der Waals surface area contributed by atoms with Crippen LogP contribution in [-0.4, -0.2) is 4.57 Å². The molecule has 2 aromatic heterocycles. The SMILES string of the molecule is C=Cc1ccc(N(C2=Cc3sc4c5ccccc5n5c4c3C(C2)c2ccccc2-c2ccccc2-5)c2ccccc2)cc1. The third kappa shape index (κ3) is 3.58. The molecule has 204 valence electrons. The zero-order valence-corrected chi connectivity index (χ0v) is 24.4. The van der Waals surface area contributed by atoms with Crippen LogP contribution in [-0.2, 0) is 0 Å². The first kappa shape index (κ1) is 24.5. The number of thiophene rings is 1. The highest BCUT2D eigenvalue weighted by molar-refractivity contribution is 7.21. The second-order valence-electron chi connectivity index (χ2n) is 11.4. The third-order valence-corrected chi connectivity index (χ3v) is 10.3. The molecule has 0 spiro atoms. The minimum atomic E-state index is 0.218. The van der Waals surface area contributed by atoms with Gasteiger partial charge in [0.15, 0.2) is 0 Å². The fourth-order valence-electron chi connectivity index (χ4n) is 7.23. The standard InChI is InChI=1S/C40H28N2S/c1-2-26-20-22-28(23-21-26)41(27-12-4-3-5-13-27)29-24-34-31-15-7-6-14-30(31)32-16-8-10-18-35(32)42-36-19-11-9-17-33(36)40-39(42)38(34)37(25-29)43-40/h2-23,25,34H,1,24H2. The van der Waals surface area contributed by atoms with Crippen molar-refractivity contribution in [1.29, 1.82) is 0 Å². The van der Waals surface area contributed by atoms with E-state index >= 15 is 0 Å². The molecule has 7 aromatic rings. The number of benzene rings is 5. The maximum atomic E-state index is 3.97. The van der Waals surface area contributed by atoms with E-state index in [1.54, 1.807) is 0 Å². The molecule has 3 heterocycles. The molecule has 0 amide bonds. The normalized spacial score (nSPS) is 14.9. The Labute approximate surface area is 255 Å². The van der Waals surface area contributed by atoms with Crippen molar-refractivity contribution in [2.45, 2.75) is 12.3 Å². The Morgan fingerprint density at radius 1 is 0.721 bits per heavy atom. The van der Waals surface area contributed by atoms with E-state index in [2.05, 4.69) is 150 Å². The summed E-state index contributed by atoms with van der Waals surface area (Å²) in [6, 6.07) is 46.5. The lowest BCUT2D eigenvalue weighted by atomic mass is 9.79. The van der Waals surface area contributed by atoms with Gasteiger partial charge in [0.2, 0.25) is 0 Å². The highest BCUT2D eigenvalue weighted by atomic mass is 32.1. The van der Waals surface area contributed by atoms with Crippen molar-refractivity contribution in [3.8, 4) is 16.8 Å². The first-order chi connectivity index (χ1) is 21.3. The van der Waals surface area contributed by atoms with Gasteiger partial charge >= 0.3 is 0 Å². The first-order valence-electron chi connectivity index (χ1n) is 14.8. The van der Waals surface area contributed by atoms with Crippen LogP contribution in [0, 0.1) is 0 Å². The number of allylic oxidation sites excluding steroid dienone is 1. The summed E-state index contributed by atoms with van der Waals surface area (Å²) in [6.07, 6.45) is 5.26. The molecule has 0 bridgehead atoms. The largest absolute Gasteiger partial charge is 0.314 e. The molecular weight excluding hydrogens is 541 g/mol. The molecule has 1 unspecified atom stereocenters.